The molecular formula is C33H37N2O9P. The van der Waals surface area contributed by atoms with E-state index < -0.39 is 32.8 Å². The van der Waals surface area contributed by atoms with Gasteiger partial charge in [0.05, 0.1) is 0 Å². The summed E-state index contributed by atoms with van der Waals surface area (Å²) in [5, 5.41) is 14.2. The minimum absolute atomic E-state index is 0.0553. The Labute approximate surface area is 261 Å². The number of amides is 2. The standard InChI is InChI=1S/C33H37N2O9P/c36-32(29(35-33(37)38)23-44-45(39)42-21-25-13-6-7-14-26(25)22-43-45)34-27-16-17-31(28(20-27)30-15-9-19-41-30)40-18-8-2-5-12-24-10-3-1-4-11-24/h1,3-4,6-7,9-11,13-17,19-20,29,35,39,45H,2,5,8,12,18,21-23H2,(H,34,36)(H,37,38). The van der Waals surface area contributed by atoms with Gasteiger partial charge >= 0.3 is 207 Å². The van der Waals surface area contributed by atoms with Crippen LogP contribution in [0.2, 0.25) is 0 Å². The van der Waals surface area contributed by atoms with Crippen molar-refractivity contribution >= 4 is 25.9 Å². The van der Waals surface area contributed by atoms with Crippen LogP contribution in [-0.4, -0.2) is 41.3 Å². The molecule has 2 heterocycles. The summed E-state index contributed by atoms with van der Waals surface area (Å²) in [7, 11) is -4.17. The van der Waals surface area contributed by atoms with Gasteiger partial charge in [-0.05, 0) is 24.8 Å². The van der Waals surface area contributed by atoms with Crippen LogP contribution in [0.1, 0.15) is 36.0 Å². The summed E-state index contributed by atoms with van der Waals surface area (Å²) >= 11 is 0. The number of hydrogen-bond donors (Lipinski definition) is 4. The summed E-state index contributed by atoms with van der Waals surface area (Å²) < 4.78 is 28.3. The molecule has 0 fully saturated rings. The number of aryl methyl sites for hydroxylation is 1. The van der Waals surface area contributed by atoms with Gasteiger partial charge in [-0.1, -0.05) is 30.3 Å². The molecule has 3 aromatic carbocycles. The van der Waals surface area contributed by atoms with Crippen molar-refractivity contribution in [3.63, 3.8) is 0 Å². The quantitative estimate of drug-likeness (QED) is 0.0902. The first kappa shape index (κ1) is 32.2. The number of fused-ring (bicyclic) bond motifs is 1. The van der Waals surface area contributed by atoms with Crippen molar-refractivity contribution in [1.82, 2.24) is 5.32 Å². The van der Waals surface area contributed by atoms with E-state index in [4.69, 9.17) is 22.7 Å². The van der Waals surface area contributed by atoms with E-state index in [1.54, 1.807) is 36.6 Å². The second-order valence-electron chi connectivity index (χ2n) is 10.5. The number of benzene rings is 3. The predicted molar refractivity (Wildman–Crippen MR) is 170 cm³/mol. The van der Waals surface area contributed by atoms with E-state index in [9.17, 15) is 19.6 Å². The van der Waals surface area contributed by atoms with E-state index >= 15 is 0 Å². The molecule has 1 unspecified atom stereocenters. The number of unbranched alkanes of at least 4 members (excludes halogenated alkanes) is 2. The molecule has 0 saturated carbocycles. The number of carbonyl (C=O) groups excluding carboxylic acids is 1. The zero-order valence-corrected chi connectivity index (χ0v) is 25.6. The van der Waals surface area contributed by atoms with Gasteiger partial charge in [0, 0.05) is 0 Å². The number of anilines is 1. The fraction of sp³-hybridized carbons (Fsp3) is 0.273. The van der Waals surface area contributed by atoms with Crippen molar-refractivity contribution in [1.29, 1.82) is 0 Å². The third-order valence-corrected chi connectivity index (χ3v) is 8.78. The number of nitrogens with one attached hydrogen (secondary N) is 2. The first-order valence-corrected chi connectivity index (χ1v) is 16.4. The third kappa shape index (κ3) is 9.37. The Morgan fingerprint density at radius 2 is 1.62 bits per heavy atom. The topological polar surface area (TPSA) is 149 Å². The summed E-state index contributed by atoms with van der Waals surface area (Å²) in [5.74, 6) is 0.432. The number of carboxylic acid groups (broad SMARTS) is 1. The van der Waals surface area contributed by atoms with E-state index in [1.807, 2.05) is 42.5 Å². The summed E-state index contributed by atoms with van der Waals surface area (Å²) in [4.78, 5) is 35.6. The molecule has 0 bridgehead atoms. The van der Waals surface area contributed by atoms with Crippen molar-refractivity contribution in [3.05, 3.63) is 108 Å². The number of ether oxygens (including phenoxy) is 1. The van der Waals surface area contributed by atoms with E-state index in [2.05, 4.69) is 22.8 Å². The average Bonchev–Trinajstić information content (AvgIpc) is 3.53. The van der Waals surface area contributed by atoms with Crippen LogP contribution in [0.25, 0.3) is 11.3 Å². The molecule has 5 rings (SSSR count). The Hall–Kier alpha value is -4.25. The number of hydrogen-bond acceptors (Lipinski definition) is 8. The van der Waals surface area contributed by atoms with Crippen LogP contribution in [-0.2, 0) is 38.0 Å². The molecule has 0 radical (unpaired) electrons. The van der Waals surface area contributed by atoms with Crippen LogP contribution in [0.4, 0.5) is 10.5 Å². The third-order valence-electron chi connectivity index (χ3n) is 7.23. The Bertz CT molecular complexity index is 1520. The van der Waals surface area contributed by atoms with E-state index in [1.165, 1.54) is 5.56 Å². The molecule has 1 aliphatic rings. The molecule has 4 aromatic rings. The monoisotopic (exact) mass is 636 g/mol. The maximum atomic E-state index is 13.2. The molecule has 238 valence electrons. The fourth-order valence-corrected chi connectivity index (χ4v) is 6.15. The van der Waals surface area contributed by atoms with Crippen LogP contribution < -0.4 is 15.4 Å². The normalized spacial score (nSPS) is 15.2. The van der Waals surface area contributed by atoms with Crippen molar-refractivity contribution in [2.75, 3.05) is 18.5 Å². The number of rotatable bonds is 14. The molecule has 12 heteroatoms. The molecule has 2 amide bonds. The Morgan fingerprint density at radius 1 is 0.889 bits per heavy atom. The van der Waals surface area contributed by atoms with Crippen molar-refractivity contribution in [3.8, 4) is 17.1 Å². The predicted octanol–water partition coefficient (Wildman–Crippen LogP) is 6.48. The molecule has 1 atom stereocenters. The summed E-state index contributed by atoms with van der Waals surface area (Å²) in [6.45, 7) is 0.103. The van der Waals surface area contributed by atoms with Crippen LogP contribution in [0, 0.1) is 0 Å². The van der Waals surface area contributed by atoms with Gasteiger partial charge < -0.3 is 0 Å². The van der Waals surface area contributed by atoms with Crippen LogP contribution in [0.3, 0.4) is 0 Å². The molecule has 11 nitrogen and oxygen atoms in total. The van der Waals surface area contributed by atoms with Gasteiger partial charge in [0.1, 0.15) is 0 Å². The summed E-state index contributed by atoms with van der Waals surface area (Å²) in [6.07, 6.45) is 4.07. The zero-order valence-electron chi connectivity index (χ0n) is 24.6. The van der Waals surface area contributed by atoms with E-state index in [0.29, 0.717) is 29.4 Å². The first-order chi connectivity index (χ1) is 21.9. The molecular weight excluding hydrogens is 599 g/mol. The van der Waals surface area contributed by atoms with Crippen LogP contribution >= 0.6 is 8.17 Å². The van der Waals surface area contributed by atoms with Crippen molar-refractivity contribution in [2.45, 2.75) is 44.9 Å². The van der Waals surface area contributed by atoms with Gasteiger partial charge in [-0.25, -0.2) is 0 Å². The summed E-state index contributed by atoms with van der Waals surface area (Å²) in [5.41, 5.74) is 4.00. The second kappa shape index (κ2) is 15.7. The number of carbonyl (C=O) groups is 2. The van der Waals surface area contributed by atoms with E-state index in [0.717, 1.165) is 36.8 Å². The molecule has 45 heavy (non-hydrogen) atoms. The van der Waals surface area contributed by atoms with Crippen LogP contribution in [0.15, 0.2) is 95.6 Å². The van der Waals surface area contributed by atoms with Crippen molar-refractivity contribution < 1.29 is 42.3 Å². The van der Waals surface area contributed by atoms with E-state index in [-0.39, 0.29) is 13.2 Å². The van der Waals surface area contributed by atoms with Crippen molar-refractivity contribution in [2.24, 2.45) is 0 Å². The second-order valence-corrected chi connectivity index (χ2v) is 12.4. The van der Waals surface area contributed by atoms with Crippen LogP contribution in [0.5, 0.6) is 5.75 Å². The molecule has 1 aromatic heterocycles. The molecule has 0 saturated heterocycles. The first-order valence-electron chi connectivity index (χ1n) is 14.7. The van der Waals surface area contributed by atoms with Gasteiger partial charge in [-0.15, -0.1) is 0 Å². The molecule has 4 N–H and O–H groups in total. The van der Waals surface area contributed by atoms with Gasteiger partial charge in [0.15, 0.2) is 0 Å². The molecule has 1 aliphatic heterocycles. The molecule has 0 aliphatic carbocycles. The summed E-state index contributed by atoms with van der Waals surface area (Å²) in [6, 6.07) is 25.0. The van der Waals surface area contributed by atoms with Gasteiger partial charge in [-0.2, -0.15) is 0 Å². The Morgan fingerprint density at radius 3 is 2.31 bits per heavy atom. The Balaban J connectivity index is 1.18. The zero-order chi connectivity index (χ0) is 31.5. The maximum absolute atomic E-state index is 13.2. The van der Waals surface area contributed by atoms with Gasteiger partial charge in [0.25, 0.3) is 0 Å². The fourth-order valence-electron chi connectivity index (χ4n) is 4.84. The minimum atomic E-state index is -4.17. The number of furan rings is 1. The Kier molecular flexibility index (Phi) is 11.2. The SMILES string of the molecule is O=C(O)NC(CO[PH]1(O)OCc2ccccc2CO1)C(=O)Nc1ccc(OCCCCCc2ccccc2)c(-c2ccco2)c1. The van der Waals surface area contributed by atoms with Gasteiger partial charge in [-0.3, -0.25) is 0 Å². The van der Waals surface area contributed by atoms with Gasteiger partial charge in [0.2, 0.25) is 0 Å². The molecule has 0 spiro atoms. The average molecular weight is 637 g/mol.